The molecule has 0 spiro atoms. The van der Waals surface area contributed by atoms with Crippen molar-refractivity contribution in [3.63, 3.8) is 0 Å². The number of rotatable bonds is 5. The fraction of sp³-hybridized carbons (Fsp3) is 0.692. The molecule has 31 heavy (non-hydrogen) atoms. The normalized spacial score (nSPS) is 21.6. The van der Waals surface area contributed by atoms with Crippen molar-refractivity contribution in [1.82, 2.24) is 4.98 Å². The number of aromatic nitrogens is 1. The fourth-order valence-corrected chi connectivity index (χ4v) is 5.85. The molecule has 1 aliphatic heterocycles. The molecule has 0 amide bonds. The van der Waals surface area contributed by atoms with Crippen LogP contribution in [0.4, 0.5) is 0 Å². The van der Waals surface area contributed by atoms with E-state index in [0.29, 0.717) is 13.2 Å². The van der Waals surface area contributed by atoms with Crippen molar-refractivity contribution in [1.29, 1.82) is 0 Å². The Morgan fingerprint density at radius 2 is 1.97 bits per heavy atom. The van der Waals surface area contributed by atoms with Gasteiger partial charge in [-0.1, -0.05) is 54.5 Å². The minimum atomic E-state index is -2.02. The van der Waals surface area contributed by atoms with Crippen molar-refractivity contribution in [3.8, 4) is 0 Å². The number of fused-ring (bicyclic) bond motifs is 1. The van der Waals surface area contributed by atoms with Crippen molar-refractivity contribution in [3.05, 3.63) is 34.2 Å². The number of hydrogen-bond donors (Lipinski definition) is 0. The molecule has 0 fully saturated rings. The van der Waals surface area contributed by atoms with E-state index in [4.69, 9.17) is 14.1 Å². The van der Waals surface area contributed by atoms with E-state index < -0.39 is 8.32 Å². The Labute approximate surface area is 190 Å². The van der Waals surface area contributed by atoms with E-state index in [0.717, 1.165) is 48.1 Å². The summed E-state index contributed by atoms with van der Waals surface area (Å²) in [4.78, 5) is 17.6. The second kappa shape index (κ2) is 8.57. The zero-order valence-corrected chi connectivity index (χ0v) is 22.0. The van der Waals surface area contributed by atoms with E-state index in [1.807, 2.05) is 0 Å². The lowest BCUT2D eigenvalue weighted by Gasteiger charge is -2.45. The second-order valence-corrected chi connectivity index (χ2v) is 16.6. The molecular formula is C26H41NO3Si. The smallest absolute Gasteiger partial charge is 0.192 e. The molecule has 1 aromatic heterocycles. The molecule has 0 saturated heterocycles. The Balaban J connectivity index is 2.29. The van der Waals surface area contributed by atoms with Gasteiger partial charge in [0.15, 0.2) is 14.6 Å². The molecule has 0 radical (unpaired) electrons. The zero-order valence-electron chi connectivity index (χ0n) is 21.0. The molecule has 1 aromatic rings. The van der Waals surface area contributed by atoms with Crippen molar-refractivity contribution < 1.29 is 14.0 Å². The lowest BCUT2D eigenvalue weighted by Crippen LogP contribution is -2.44. The third-order valence-electron chi connectivity index (χ3n) is 7.28. The van der Waals surface area contributed by atoms with Crippen LogP contribution in [0.3, 0.4) is 0 Å². The van der Waals surface area contributed by atoms with Crippen LogP contribution >= 0.6 is 0 Å². The van der Waals surface area contributed by atoms with Gasteiger partial charge in [-0.2, -0.15) is 0 Å². The van der Waals surface area contributed by atoms with Crippen LogP contribution in [0.15, 0.2) is 6.08 Å². The average molecular weight is 444 g/mol. The first-order valence-electron chi connectivity index (χ1n) is 11.7. The van der Waals surface area contributed by atoms with Gasteiger partial charge in [-0.05, 0) is 59.9 Å². The highest BCUT2D eigenvalue weighted by Crippen LogP contribution is 2.50. The van der Waals surface area contributed by atoms with Gasteiger partial charge in [-0.3, -0.25) is 9.78 Å². The molecule has 0 aromatic carbocycles. The van der Waals surface area contributed by atoms with Gasteiger partial charge in [0.1, 0.15) is 0 Å². The summed E-state index contributed by atoms with van der Waals surface area (Å²) in [6, 6.07) is 0. The number of ether oxygens (including phenoxy) is 1. The fourth-order valence-electron chi connectivity index (χ4n) is 4.59. The monoisotopic (exact) mass is 443 g/mol. The van der Waals surface area contributed by atoms with E-state index in [1.165, 1.54) is 11.1 Å². The van der Waals surface area contributed by atoms with Crippen LogP contribution < -0.4 is 0 Å². The molecule has 1 atom stereocenters. The SMILES string of the molecule is CC(C)c1nc2c(c(C3=CCOCC3)c1C=O)C(O[Si](C)(C)C(C)(C)C)CC(C)(C)C2. The van der Waals surface area contributed by atoms with E-state index in [2.05, 4.69) is 67.6 Å². The number of aldehydes is 1. The van der Waals surface area contributed by atoms with Crippen LogP contribution in [0.1, 0.15) is 106 Å². The molecule has 3 rings (SSSR count). The van der Waals surface area contributed by atoms with Crippen LogP contribution in [0.25, 0.3) is 5.57 Å². The quantitative estimate of drug-likeness (QED) is 0.368. The van der Waals surface area contributed by atoms with Gasteiger partial charge in [-0.15, -0.1) is 0 Å². The highest BCUT2D eigenvalue weighted by molar-refractivity contribution is 6.74. The lowest BCUT2D eigenvalue weighted by atomic mass is 9.72. The number of hydrogen-bond acceptors (Lipinski definition) is 4. The molecule has 0 N–H and O–H groups in total. The average Bonchev–Trinajstić information content (AvgIpc) is 2.65. The highest BCUT2D eigenvalue weighted by atomic mass is 28.4. The maximum Gasteiger partial charge on any atom is 0.192 e. The summed E-state index contributed by atoms with van der Waals surface area (Å²) in [5, 5.41) is 0.117. The molecule has 172 valence electrons. The minimum absolute atomic E-state index is 0.0363. The van der Waals surface area contributed by atoms with Gasteiger partial charge < -0.3 is 9.16 Å². The molecule has 1 unspecified atom stereocenters. The van der Waals surface area contributed by atoms with Crippen LogP contribution in [0, 0.1) is 5.41 Å². The third-order valence-corrected chi connectivity index (χ3v) is 11.8. The molecule has 4 nitrogen and oxygen atoms in total. The largest absolute Gasteiger partial charge is 0.410 e. The summed E-state index contributed by atoms with van der Waals surface area (Å²) in [5.74, 6) is 0.189. The Kier molecular flexibility index (Phi) is 6.73. The molecule has 5 heteroatoms. The molecule has 0 bridgehead atoms. The summed E-state index contributed by atoms with van der Waals surface area (Å²) >= 11 is 0. The highest BCUT2D eigenvalue weighted by Gasteiger charge is 2.44. The number of nitrogens with zero attached hydrogens (tertiary/aromatic N) is 1. The maximum atomic E-state index is 12.4. The van der Waals surface area contributed by atoms with Crippen molar-refractivity contribution in [2.24, 2.45) is 5.41 Å². The number of carbonyl (C=O) groups is 1. The standard InChI is InChI=1S/C26H41NO3Si/c1-17(2)24-19(16-28)22(18-10-12-29-13-11-18)23-20(27-24)14-26(6,7)15-21(23)30-31(8,9)25(3,4)5/h10,16-17,21H,11-15H2,1-9H3. The van der Waals surface area contributed by atoms with Gasteiger partial charge in [0.2, 0.25) is 0 Å². The predicted molar refractivity (Wildman–Crippen MR) is 130 cm³/mol. The van der Waals surface area contributed by atoms with Crippen molar-refractivity contribution in [2.45, 2.75) is 97.9 Å². The third kappa shape index (κ3) is 4.89. The van der Waals surface area contributed by atoms with Gasteiger partial charge in [0, 0.05) is 16.8 Å². The second-order valence-electron chi connectivity index (χ2n) is 11.9. The predicted octanol–water partition coefficient (Wildman–Crippen LogP) is 6.86. The Bertz CT molecular complexity index is 878. The van der Waals surface area contributed by atoms with Gasteiger partial charge in [-0.25, -0.2) is 0 Å². The molecule has 2 aliphatic rings. The van der Waals surface area contributed by atoms with E-state index in [9.17, 15) is 4.79 Å². The minimum Gasteiger partial charge on any atom is -0.410 e. The van der Waals surface area contributed by atoms with Gasteiger partial charge in [0.25, 0.3) is 0 Å². The first-order valence-corrected chi connectivity index (χ1v) is 14.6. The molecule has 2 heterocycles. The number of carbonyl (C=O) groups excluding carboxylic acids is 1. The summed E-state index contributed by atoms with van der Waals surface area (Å²) in [6.07, 6.45) is 5.83. The Hall–Kier alpha value is -1.30. The van der Waals surface area contributed by atoms with E-state index >= 15 is 0 Å². The Morgan fingerprint density at radius 1 is 1.29 bits per heavy atom. The summed E-state index contributed by atoms with van der Waals surface area (Å²) in [6.45, 7) is 21.7. The summed E-state index contributed by atoms with van der Waals surface area (Å²) < 4.78 is 12.7. The van der Waals surface area contributed by atoms with E-state index in [-0.39, 0.29) is 22.5 Å². The topological polar surface area (TPSA) is 48.4 Å². The van der Waals surface area contributed by atoms with Crippen LogP contribution in [0.2, 0.25) is 18.1 Å². The van der Waals surface area contributed by atoms with E-state index in [1.54, 1.807) is 0 Å². The zero-order chi connectivity index (χ0) is 23.2. The van der Waals surface area contributed by atoms with Gasteiger partial charge >= 0.3 is 0 Å². The molecular weight excluding hydrogens is 402 g/mol. The van der Waals surface area contributed by atoms with Gasteiger partial charge in [0.05, 0.1) is 25.0 Å². The Morgan fingerprint density at radius 3 is 2.48 bits per heavy atom. The maximum absolute atomic E-state index is 12.4. The van der Waals surface area contributed by atoms with Crippen LogP contribution in [-0.2, 0) is 15.6 Å². The first kappa shape index (κ1) is 24.3. The van der Waals surface area contributed by atoms with Crippen molar-refractivity contribution in [2.75, 3.05) is 13.2 Å². The number of pyridine rings is 1. The molecule has 1 aliphatic carbocycles. The van der Waals surface area contributed by atoms with Crippen molar-refractivity contribution >= 4 is 20.2 Å². The summed E-state index contributed by atoms with van der Waals surface area (Å²) in [5.41, 5.74) is 6.38. The van der Waals surface area contributed by atoms with Crippen LogP contribution in [-0.4, -0.2) is 32.8 Å². The first-order chi connectivity index (χ1) is 14.3. The lowest BCUT2D eigenvalue weighted by molar-refractivity contribution is 0.105. The summed E-state index contributed by atoms with van der Waals surface area (Å²) in [7, 11) is -2.02. The molecule has 0 saturated carbocycles. The van der Waals surface area contributed by atoms with Crippen LogP contribution in [0.5, 0.6) is 0 Å².